The smallest absolute Gasteiger partial charge is 0.278 e. The molecule has 0 unspecified atom stereocenters. The van der Waals surface area contributed by atoms with Gasteiger partial charge in [-0.15, -0.1) is 0 Å². The van der Waals surface area contributed by atoms with E-state index in [2.05, 4.69) is 49.0 Å². The van der Waals surface area contributed by atoms with Crippen molar-refractivity contribution in [3.05, 3.63) is 41.2 Å². The maximum Gasteiger partial charge on any atom is 0.278 e. The molecule has 29 heavy (non-hydrogen) atoms. The number of thiazole rings is 1. The third-order valence-corrected chi connectivity index (χ3v) is 6.32. The van der Waals surface area contributed by atoms with Crippen LogP contribution in [0.5, 0.6) is 0 Å². The second-order valence-corrected chi connectivity index (χ2v) is 8.13. The Morgan fingerprint density at radius 1 is 1.10 bits per heavy atom. The number of amides is 1. The Hall–Kier alpha value is -2.25. The molecule has 0 N–H and O–H groups in total. The van der Waals surface area contributed by atoms with Crippen molar-refractivity contribution in [1.82, 2.24) is 19.7 Å². The minimum Gasteiger partial charge on any atom is -0.302 e. The largest absolute Gasteiger partial charge is 0.302 e. The summed E-state index contributed by atoms with van der Waals surface area (Å²) in [5.74, 6) is -0.0330. The fraction of sp³-hybridized carbons (Fsp3) is 0.500. The van der Waals surface area contributed by atoms with Crippen LogP contribution in [0.2, 0.25) is 0 Å². The van der Waals surface area contributed by atoms with Crippen LogP contribution in [0.1, 0.15) is 49.4 Å². The van der Waals surface area contributed by atoms with Crippen molar-refractivity contribution in [2.75, 3.05) is 31.1 Å². The fourth-order valence-electron chi connectivity index (χ4n) is 3.45. The van der Waals surface area contributed by atoms with Crippen LogP contribution in [0.15, 0.2) is 24.3 Å². The minimum absolute atomic E-state index is 0.0330. The lowest BCUT2D eigenvalue weighted by Gasteiger charge is -2.24. The van der Waals surface area contributed by atoms with Crippen LogP contribution in [0.4, 0.5) is 5.13 Å². The summed E-state index contributed by atoms with van der Waals surface area (Å²) >= 11 is 1.59. The second kappa shape index (κ2) is 9.50. The lowest BCUT2D eigenvalue weighted by molar-refractivity contribution is 0.0973. The number of carbonyl (C=O) groups excluding carboxylic acids is 1. The predicted molar refractivity (Wildman–Crippen MR) is 121 cm³/mol. The summed E-state index contributed by atoms with van der Waals surface area (Å²) < 4.78 is 2.91. The van der Waals surface area contributed by atoms with Crippen LogP contribution in [0.3, 0.4) is 0 Å². The molecule has 3 aromatic rings. The Morgan fingerprint density at radius 2 is 1.86 bits per heavy atom. The monoisotopic (exact) mass is 413 g/mol. The summed E-state index contributed by atoms with van der Waals surface area (Å²) in [6, 6.07) is 8.23. The third-order valence-electron chi connectivity index (χ3n) is 5.28. The number of fused-ring (bicyclic) bond motifs is 1. The zero-order chi connectivity index (χ0) is 21.0. The topological polar surface area (TPSA) is 54.3 Å². The quantitative estimate of drug-likeness (QED) is 0.523. The highest BCUT2D eigenvalue weighted by molar-refractivity contribution is 7.22. The normalized spacial score (nSPS) is 11.5. The van der Waals surface area contributed by atoms with Gasteiger partial charge in [0.05, 0.1) is 15.9 Å². The van der Waals surface area contributed by atoms with Crippen LogP contribution in [0.25, 0.3) is 10.2 Å². The van der Waals surface area contributed by atoms with E-state index >= 15 is 0 Å². The zero-order valence-electron chi connectivity index (χ0n) is 18.1. The van der Waals surface area contributed by atoms with E-state index < -0.39 is 0 Å². The van der Waals surface area contributed by atoms with E-state index in [1.807, 2.05) is 24.8 Å². The minimum atomic E-state index is -0.0330. The first kappa shape index (κ1) is 21.5. The van der Waals surface area contributed by atoms with E-state index in [9.17, 15) is 4.79 Å². The number of benzene rings is 1. The lowest BCUT2D eigenvalue weighted by atomic mass is 10.2. The van der Waals surface area contributed by atoms with Crippen molar-refractivity contribution in [1.29, 1.82) is 0 Å². The number of aryl methyl sites for hydroxylation is 3. The zero-order valence-corrected chi connectivity index (χ0v) is 18.9. The molecule has 2 aromatic heterocycles. The van der Waals surface area contributed by atoms with Gasteiger partial charge < -0.3 is 4.90 Å². The predicted octanol–water partition coefficient (Wildman–Crippen LogP) is 4.37. The molecule has 0 aliphatic heterocycles. The number of hydrogen-bond acceptors (Lipinski definition) is 5. The van der Waals surface area contributed by atoms with Crippen molar-refractivity contribution < 1.29 is 4.79 Å². The molecule has 0 radical (unpaired) electrons. The van der Waals surface area contributed by atoms with Gasteiger partial charge in [-0.25, -0.2) is 4.98 Å². The molecule has 0 saturated carbocycles. The first-order valence-corrected chi connectivity index (χ1v) is 11.3. The molecule has 6 nitrogen and oxygen atoms in total. The molecule has 7 heteroatoms. The van der Waals surface area contributed by atoms with E-state index in [-0.39, 0.29) is 5.91 Å². The fourth-order valence-corrected chi connectivity index (χ4v) is 4.51. The van der Waals surface area contributed by atoms with Crippen molar-refractivity contribution in [3.8, 4) is 0 Å². The number of carbonyl (C=O) groups is 1. The van der Waals surface area contributed by atoms with Crippen LogP contribution < -0.4 is 4.90 Å². The molecule has 0 fully saturated rings. The molecular formula is C22H31N5OS. The van der Waals surface area contributed by atoms with Gasteiger partial charge in [-0.05, 0) is 57.1 Å². The molecule has 0 spiro atoms. The van der Waals surface area contributed by atoms with E-state index in [0.29, 0.717) is 18.8 Å². The van der Waals surface area contributed by atoms with Crippen molar-refractivity contribution in [2.45, 2.75) is 47.6 Å². The summed E-state index contributed by atoms with van der Waals surface area (Å²) in [4.78, 5) is 22.5. The summed E-state index contributed by atoms with van der Waals surface area (Å²) in [7, 11) is 0. The average molecular weight is 414 g/mol. The Labute approximate surface area is 177 Å². The van der Waals surface area contributed by atoms with Crippen LogP contribution >= 0.6 is 11.3 Å². The number of nitrogens with zero attached hydrogens (tertiary/aromatic N) is 5. The van der Waals surface area contributed by atoms with Crippen LogP contribution in [-0.4, -0.2) is 51.8 Å². The van der Waals surface area contributed by atoms with Gasteiger partial charge in [-0.1, -0.05) is 38.2 Å². The summed E-state index contributed by atoms with van der Waals surface area (Å²) in [5.41, 5.74) is 3.71. The van der Waals surface area contributed by atoms with Gasteiger partial charge in [-0.2, -0.15) is 5.10 Å². The molecule has 1 aromatic carbocycles. The standard InChI is InChI=1S/C22H31N5OS/c1-6-17-10-11-18-20(15-17)29-22(23-18)26(13-12-25(7-2)8-3)21(28)19-14-16(5)24-27(19)9-4/h10-11,14-15H,6-9,12-13H2,1-5H3. The SMILES string of the molecule is CCc1ccc2nc(N(CCN(CC)CC)C(=O)c3cc(C)nn3CC)sc2c1. The highest BCUT2D eigenvalue weighted by Crippen LogP contribution is 2.30. The molecule has 0 saturated heterocycles. The summed E-state index contributed by atoms with van der Waals surface area (Å²) in [6.45, 7) is 14.4. The molecule has 0 aliphatic rings. The molecule has 2 heterocycles. The second-order valence-electron chi connectivity index (χ2n) is 7.12. The highest BCUT2D eigenvalue weighted by Gasteiger charge is 2.25. The number of anilines is 1. The number of aromatic nitrogens is 3. The van der Waals surface area contributed by atoms with Gasteiger partial charge in [0.25, 0.3) is 5.91 Å². The van der Waals surface area contributed by atoms with Gasteiger partial charge in [0, 0.05) is 19.6 Å². The van der Waals surface area contributed by atoms with Gasteiger partial charge in [0.15, 0.2) is 5.13 Å². The molecule has 0 atom stereocenters. The maximum atomic E-state index is 13.5. The van der Waals surface area contributed by atoms with Crippen LogP contribution in [-0.2, 0) is 13.0 Å². The molecule has 1 amide bonds. The number of hydrogen-bond donors (Lipinski definition) is 0. The van der Waals surface area contributed by atoms with Gasteiger partial charge in [-0.3, -0.25) is 14.4 Å². The average Bonchev–Trinajstić information content (AvgIpc) is 3.33. The van der Waals surface area contributed by atoms with Crippen LogP contribution in [0, 0.1) is 6.92 Å². The summed E-state index contributed by atoms with van der Waals surface area (Å²) in [6.07, 6.45) is 0.989. The van der Waals surface area contributed by atoms with E-state index in [1.54, 1.807) is 16.0 Å². The molecule has 156 valence electrons. The highest BCUT2D eigenvalue weighted by atomic mass is 32.1. The van der Waals surface area contributed by atoms with Crippen molar-refractivity contribution in [2.24, 2.45) is 0 Å². The Morgan fingerprint density at radius 3 is 2.52 bits per heavy atom. The van der Waals surface area contributed by atoms with Crippen molar-refractivity contribution in [3.63, 3.8) is 0 Å². The van der Waals surface area contributed by atoms with Gasteiger partial charge in [0.1, 0.15) is 5.69 Å². The van der Waals surface area contributed by atoms with Gasteiger partial charge >= 0.3 is 0 Å². The van der Waals surface area contributed by atoms with E-state index in [4.69, 9.17) is 4.98 Å². The van der Waals surface area contributed by atoms with Crippen molar-refractivity contribution >= 4 is 32.6 Å². The first-order chi connectivity index (χ1) is 14.0. The first-order valence-electron chi connectivity index (χ1n) is 10.5. The molecule has 0 bridgehead atoms. The lowest BCUT2D eigenvalue weighted by Crippen LogP contribution is -2.39. The maximum absolute atomic E-state index is 13.5. The van der Waals surface area contributed by atoms with E-state index in [0.717, 1.165) is 47.1 Å². The number of likely N-dealkylation sites (N-methyl/N-ethyl adjacent to an activating group) is 1. The molecule has 0 aliphatic carbocycles. The number of rotatable bonds is 9. The van der Waals surface area contributed by atoms with E-state index in [1.165, 1.54) is 5.56 Å². The Bertz CT molecular complexity index is 973. The van der Waals surface area contributed by atoms with Gasteiger partial charge in [0.2, 0.25) is 0 Å². The molecular weight excluding hydrogens is 382 g/mol. The summed E-state index contributed by atoms with van der Waals surface area (Å²) in [5, 5.41) is 5.22. The third kappa shape index (κ3) is 4.67. The Balaban J connectivity index is 1.99. The molecule has 3 rings (SSSR count). The Kier molecular flexibility index (Phi) is 7.03.